The third-order valence-corrected chi connectivity index (χ3v) is 4.21. The molecule has 1 atom stereocenters. The van der Waals surface area contributed by atoms with E-state index in [2.05, 4.69) is 0 Å². The van der Waals surface area contributed by atoms with Crippen molar-refractivity contribution in [3.8, 4) is 0 Å². The number of ether oxygens (including phenoxy) is 1. The number of hydrogen-bond acceptors (Lipinski definition) is 3. The van der Waals surface area contributed by atoms with Crippen LogP contribution in [0.1, 0.15) is 25.3 Å². The molecular formula is C15H17Cl2NO3. The molecule has 1 aliphatic rings. The summed E-state index contributed by atoms with van der Waals surface area (Å²) in [7, 11) is 0. The molecule has 1 fully saturated rings. The minimum atomic E-state index is -0.458. The quantitative estimate of drug-likeness (QED) is 0.797. The van der Waals surface area contributed by atoms with Gasteiger partial charge in [0, 0.05) is 6.54 Å². The summed E-state index contributed by atoms with van der Waals surface area (Å²) < 4.78 is 5.02. The van der Waals surface area contributed by atoms with Gasteiger partial charge in [0.25, 0.3) is 0 Å². The molecule has 0 radical (unpaired) electrons. The zero-order chi connectivity index (χ0) is 15.4. The Balaban J connectivity index is 2.04. The van der Waals surface area contributed by atoms with Crippen LogP contribution in [0, 0.1) is 0 Å². The number of carbonyl (C=O) groups is 2. The highest BCUT2D eigenvalue weighted by Gasteiger charge is 2.34. The van der Waals surface area contributed by atoms with Gasteiger partial charge in [-0.3, -0.25) is 4.79 Å². The van der Waals surface area contributed by atoms with E-state index in [0.29, 0.717) is 29.6 Å². The fourth-order valence-electron chi connectivity index (χ4n) is 2.47. The van der Waals surface area contributed by atoms with E-state index in [1.165, 1.54) is 0 Å². The maximum Gasteiger partial charge on any atom is 0.328 e. The van der Waals surface area contributed by atoms with Crippen molar-refractivity contribution in [2.45, 2.75) is 32.2 Å². The van der Waals surface area contributed by atoms with Crippen LogP contribution in [0.2, 0.25) is 10.0 Å². The van der Waals surface area contributed by atoms with Crippen LogP contribution in [0.4, 0.5) is 0 Å². The molecule has 21 heavy (non-hydrogen) atoms. The molecule has 0 N–H and O–H groups in total. The Morgan fingerprint density at radius 1 is 1.33 bits per heavy atom. The normalized spacial score (nSPS) is 17.9. The lowest BCUT2D eigenvalue weighted by Gasteiger charge is -2.23. The largest absolute Gasteiger partial charge is 0.464 e. The zero-order valence-corrected chi connectivity index (χ0v) is 13.3. The lowest BCUT2D eigenvalue weighted by atomic mass is 10.1. The fraction of sp³-hybridized carbons (Fsp3) is 0.467. The molecule has 1 aliphatic heterocycles. The molecule has 1 unspecified atom stereocenters. The SMILES string of the molecule is CCOC(=O)C1CCCN1C(=O)Cc1ccc(Cl)c(Cl)c1. The summed E-state index contributed by atoms with van der Waals surface area (Å²) in [4.78, 5) is 25.8. The number of benzene rings is 1. The number of carbonyl (C=O) groups excluding carboxylic acids is 2. The Labute approximate surface area is 134 Å². The van der Waals surface area contributed by atoms with Gasteiger partial charge in [-0.25, -0.2) is 4.79 Å². The van der Waals surface area contributed by atoms with Crippen molar-refractivity contribution in [1.29, 1.82) is 0 Å². The molecular weight excluding hydrogens is 313 g/mol. The molecule has 1 amide bonds. The van der Waals surface area contributed by atoms with E-state index >= 15 is 0 Å². The van der Waals surface area contributed by atoms with Crippen molar-refractivity contribution in [3.63, 3.8) is 0 Å². The molecule has 0 aliphatic carbocycles. The Morgan fingerprint density at radius 2 is 2.10 bits per heavy atom. The predicted octanol–water partition coefficient (Wildman–Crippen LogP) is 3.09. The van der Waals surface area contributed by atoms with Gasteiger partial charge in [0.1, 0.15) is 6.04 Å². The molecule has 0 aromatic heterocycles. The van der Waals surface area contributed by atoms with E-state index in [0.717, 1.165) is 12.0 Å². The van der Waals surface area contributed by atoms with Crippen LogP contribution in [0.5, 0.6) is 0 Å². The van der Waals surface area contributed by atoms with E-state index in [9.17, 15) is 9.59 Å². The number of likely N-dealkylation sites (tertiary alicyclic amines) is 1. The topological polar surface area (TPSA) is 46.6 Å². The standard InChI is InChI=1S/C15H17Cl2NO3/c1-2-21-15(20)13-4-3-7-18(13)14(19)9-10-5-6-11(16)12(17)8-10/h5-6,8,13H,2-4,7,9H2,1H3. The van der Waals surface area contributed by atoms with Crippen molar-refractivity contribution in [3.05, 3.63) is 33.8 Å². The van der Waals surface area contributed by atoms with Crippen LogP contribution >= 0.6 is 23.2 Å². The van der Waals surface area contributed by atoms with Gasteiger partial charge in [-0.2, -0.15) is 0 Å². The Morgan fingerprint density at radius 3 is 2.76 bits per heavy atom. The summed E-state index contributed by atoms with van der Waals surface area (Å²) in [5.41, 5.74) is 0.781. The molecule has 0 saturated carbocycles. The van der Waals surface area contributed by atoms with Crippen LogP contribution in [0.25, 0.3) is 0 Å². The van der Waals surface area contributed by atoms with Crippen LogP contribution < -0.4 is 0 Å². The van der Waals surface area contributed by atoms with Crippen LogP contribution in [-0.4, -0.2) is 36.0 Å². The van der Waals surface area contributed by atoms with Gasteiger partial charge in [-0.1, -0.05) is 29.3 Å². The van der Waals surface area contributed by atoms with Crippen molar-refractivity contribution in [2.24, 2.45) is 0 Å². The van der Waals surface area contributed by atoms with Crippen LogP contribution in [0.3, 0.4) is 0 Å². The monoisotopic (exact) mass is 329 g/mol. The third kappa shape index (κ3) is 3.89. The van der Waals surface area contributed by atoms with E-state index in [1.807, 2.05) is 0 Å². The second-order valence-electron chi connectivity index (χ2n) is 4.92. The third-order valence-electron chi connectivity index (χ3n) is 3.47. The van der Waals surface area contributed by atoms with Crippen LogP contribution in [-0.2, 0) is 20.7 Å². The van der Waals surface area contributed by atoms with Gasteiger partial charge in [0.05, 0.1) is 23.1 Å². The van der Waals surface area contributed by atoms with Crippen molar-refractivity contribution in [1.82, 2.24) is 4.90 Å². The second-order valence-corrected chi connectivity index (χ2v) is 5.74. The minimum Gasteiger partial charge on any atom is -0.464 e. The summed E-state index contributed by atoms with van der Waals surface area (Å²) in [6, 6.07) is 4.65. The molecule has 4 nitrogen and oxygen atoms in total. The number of nitrogens with zero attached hydrogens (tertiary/aromatic N) is 1. The maximum absolute atomic E-state index is 12.4. The van der Waals surface area contributed by atoms with Gasteiger partial charge >= 0.3 is 5.97 Å². The molecule has 1 heterocycles. The lowest BCUT2D eigenvalue weighted by molar-refractivity contribution is -0.152. The predicted molar refractivity (Wildman–Crippen MR) is 81.5 cm³/mol. The molecule has 1 aromatic rings. The number of amides is 1. The summed E-state index contributed by atoms with van der Waals surface area (Å²) in [6.45, 7) is 2.67. The van der Waals surface area contributed by atoms with E-state index in [4.69, 9.17) is 27.9 Å². The highest BCUT2D eigenvalue weighted by molar-refractivity contribution is 6.42. The summed E-state index contributed by atoms with van der Waals surface area (Å²) in [5, 5.41) is 0.878. The molecule has 6 heteroatoms. The first kappa shape index (κ1) is 16.1. The van der Waals surface area contributed by atoms with Crippen molar-refractivity contribution < 1.29 is 14.3 Å². The Bertz CT molecular complexity index is 548. The molecule has 1 aromatic carbocycles. The van der Waals surface area contributed by atoms with Crippen molar-refractivity contribution in [2.75, 3.05) is 13.2 Å². The van der Waals surface area contributed by atoms with E-state index in [1.54, 1.807) is 30.0 Å². The number of esters is 1. The smallest absolute Gasteiger partial charge is 0.328 e. The number of rotatable bonds is 4. The Hall–Kier alpha value is -1.26. The second kappa shape index (κ2) is 7.14. The van der Waals surface area contributed by atoms with Gasteiger partial charge in [0.15, 0.2) is 0 Å². The lowest BCUT2D eigenvalue weighted by Crippen LogP contribution is -2.42. The van der Waals surface area contributed by atoms with Crippen molar-refractivity contribution >= 4 is 35.1 Å². The van der Waals surface area contributed by atoms with Crippen LogP contribution in [0.15, 0.2) is 18.2 Å². The summed E-state index contributed by atoms with van der Waals surface area (Å²) in [5.74, 6) is -0.415. The van der Waals surface area contributed by atoms with Gasteiger partial charge in [-0.15, -0.1) is 0 Å². The first-order valence-corrected chi connectivity index (χ1v) is 7.68. The molecule has 0 spiro atoms. The fourth-order valence-corrected chi connectivity index (χ4v) is 2.80. The first-order chi connectivity index (χ1) is 10.0. The molecule has 0 bridgehead atoms. The Kier molecular flexibility index (Phi) is 5.48. The highest BCUT2D eigenvalue weighted by Crippen LogP contribution is 2.24. The minimum absolute atomic E-state index is 0.0936. The average molecular weight is 330 g/mol. The van der Waals surface area contributed by atoms with Gasteiger partial charge in [-0.05, 0) is 37.5 Å². The maximum atomic E-state index is 12.4. The molecule has 2 rings (SSSR count). The highest BCUT2D eigenvalue weighted by atomic mass is 35.5. The molecule has 114 valence electrons. The summed E-state index contributed by atoms with van der Waals surface area (Å²) >= 11 is 11.8. The number of hydrogen-bond donors (Lipinski definition) is 0. The zero-order valence-electron chi connectivity index (χ0n) is 11.8. The summed E-state index contributed by atoms with van der Waals surface area (Å²) in [6.07, 6.45) is 1.68. The van der Waals surface area contributed by atoms with E-state index in [-0.39, 0.29) is 18.3 Å². The first-order valence-electron chi connectivity index (χ1n) is 6.93. The van der Waals surface area contributed by atoms with E-state index < -0.39 is 6.04 Å². The number of halogens is 2. The van der Waals surface area contributed by atoms with Gasteiger partial charge < -0.3 is 9.64 Å². The average Bonchev–Trinajstić information content (AvgIpc) is 2.92. The van der Waals surface area contributed by atoms with Gasteiger partial charge in [0.2, 0.25) is 5.91 Å². The molecule has 1 saturated heterocycles.